The summed E-state index contributed by atoms with van der Waals surface area (Å²) in [5, 5.41) is 3.52. The maximum Gasteiger partial charge on any atom is 0.0248 e. The predicted octanol–water partition coefficient (Wildman–Crippen LogP) is 3.13. The van der Waals surface area contributed by atoms with Gasteiger partial charge in [-0.2, -0.15) is 0 Å². The second-order valence-corrected chi connectivity index (χ2v) is 6.39. The van der Waals surface area contributed by atoms with Crippen molar-refractivity contribution in [3.05, 3.63) is 0 Å². The lowest BCUT2D eigenvalue weighted by Crippen LogP contribution is -2.52. The molecule has 1 aliphatic carbocycles. The Morgan fingerprint density at radius 1 is 1.24 bits per heavy atom. The molecular formula is C15H32N2. The van der Waals surface area contributed by atoms with Crippen molar-refractivity contribution in [2.75, 3.05) is 20.6 Å². The van der Waals surface area contributed by atoms with Crippen LogP contribution in [-0.4, -0.2) is 37.6 Å². The summed E-state index contributed by atoms with van der Waals surface area (Å²) >= 11 is 0. The quantitative estimate of drug-likeness (QED) is 0.794. The van der Waals surface area contributed by atoms with Crippen molar-refractivity contribution in [3.63, 3.8) is 0 Å². The summed E-state index contributed by atoms with van der Waals surface area (Å²) in [7, 11) is 4.39. The lowest BCUT2D eigenvalue weighted by molar-refractivity contribution is 0.0669. The standard InChI is InChI=1S/C15H32N2/c1-7-15(3,4)12-9-10-13(16-5)14(11-12)17(6)8-2/h12-14,16H,7-11H2,1-6H3. The Morgan fingerprint density at radius 2 is 1.88 bits per heavy atom. The molecule has 0 bridgehead atoms. The number of nitrogens with one attached hydrogen (secondary N) is 1. The summed E-state index contributed by atoms with van der Waals surface area (Å²) in [6.45, 7) is 10.6. The molecule has 2 nitrogen and oxygen atoms in total. The van der Waals surface area contributed by atoms with E-state index in [9.17, 15) is 0 Å². The molecule has 1 aliphatic rings. The van der Waals surface area contributed by atoms with Crippen LogP contribution in [0.2, 0.25) is 0 Å². The minimum absolute atomic E-state index is 0.505. The Labute approximate surface area is 108 Å². The number of hydrogen-bond acceptors (Lipinski definition) is 2. The van der Waals surface area contributed by atoms with Gasteiger partial charge in [-0.05, 0) is 51.2 Å². The van der Waals surface area contributed by atoms with Crippen LogP contribution in [-0.2, 0) is 0 Å². The first-order valence-electron chi connectivity index (χ1n) is 7.33. The van der Waals surface area contributed by atoms with Gasteiger partial charge in [-0.1, -0.05) is 34.1 Å². The van der Waals surface area contributed by atoms with Gasteiger partial charge in [-0.15, -0.1) is 0 Å². The van der Waals surface area contributed by atoms with Gasteiger partial charge >= 0.3 is 0 Å². The van der Waals surface area contributed by atoms with E-state index in [0.29, 0.717) is 11.5 Å². The Morgan fingerprint density at radius 3 is 2.35 bits per heavy atom. The fraction of sp³-hybridized carbons (Fsp3) is 1.00. The molecule has 1 N–H and O–H groups in total. The average Bonchev–Trinajstić information content (AvgIpc) is 2.36. The van der Waals surface area contributed by atoms with Gasteiger partial charge in [0.05, 0.1) is 0 Å². The summed E-state index contributed by atoms with van der Waals surface area (Å²) < 4.78 is 0. The van der Waals surface area contributed by atoms with Crippen LogP contribution in [0.25, 0.3) is 0 Å². The summed E-state index contributed by atoms with van der Waals surface area (Å²) in [6.07, 6.45) is 5.38. The second-order valence-electron chi connectivity index (χ2n) is 6.39. The number of rotatable bonds is 5. The minimum atomic E-state index is 0.505. The first-order chi connectivity index (χ1) is 7.96. The molecule has 102 valence electrons. The fourth-order valence-corrected chi connectivity index (χ4v) is 3.20. The maximum atomic E-state index is 3.52. The van der Waals surface area contributed by atoms with Crippen LogP contribution < -0.4 is 5.32 Å². The molecule has 0 aliphatic heterocycles. The van der Waals surface area contributed by atoms with Crippen molar-refractivity contribution in [3.8, 4) is 0 Å². The van der Waals surface area contributed by atoms with Crippen molar-refractivity contribution < 1.29 is 0 Å². The van der Waals surface area contributed by atoms with Gasteiger partial charge in [-0.3, -0.25) is 0 Å². The van der Waals surface area contributed by atoms with Gasteiger partial charge < -0.3 is 10.2 Å². The van der Waals surface area contributed by atoms with Crippen molar-refractivity contribution in [1.29, 1.82) is 0 Å². The molecule has 3 unspecified atom stereocenters. The van der Waals surface area contributed by atoms with E-state index in [1.165, 1.54) is 25.7 Å². The summed E-state index contributed by atoms with van der Waals surface area (Å²) in [4.78, 5) is 2.53. The molecule has 0 aromatic rings. The number of hydrogen-bond donors (Lipinski definition) is 1. The van der Waals surface area contributed by atoms with E-state index in [1.807, 2.05) is 0 Å². The summed E-state index contributed by atoms with van der Waals surface area (Å²) in [5.41, 5.74) is 0.505. The zero-order valence-electron chi connectivity index (χ0n) is 12.7. The molecular weight excluding hydrogens is 208 g/mol. The molecule has 0 spiro atoms. The van der Waals surface area contributed by atoms with Crippen LogP contribution in [0.15, 0.2) is 0 Å². The first-order valence-corrected chi connectivity index (χ1v) is 7.33. The van der Waals surface area contributed by atoms with E-state index in [1.54, 1.807) is 0 Å². The number of likely N-dealkylation sites (N-methyl/N-ethyl adjacent to an activating group) is 2. The number of nitrogens with zero attached hydrogens (tertiary/aromatic N) is 1. The van der Waals surface area contributed by atoms with Crippen molar-refractivity contribution >= 4 is 0 Å². The molecule has 3 atom stereocenters. The Bertz CT molecular complexity index is 225. The second kappa shape index (κ2) is 6.19. The van der Waals surface area contributed by atoms with Gasteiger partial charge in [0.25, 0.3) is 0 Å². The van der Waals surface area contributed by atoms with Crippen molar-refractivity contribution in [1.82, 2.24) is 10.2 Å². The molecule has 2 heteroatoms. The van der Waals surface area contributed by atoms with E-state index < -0.39 is 0 Å². The molecule has 17 heavy (non-hydrogen) atoms. The third kappa shape index (κ3) is 3.45. The van der Waals surface area contributed by atoms with Gasteiger partial charge in [0.2, 0.25) is 0 Å². The van der Waals surface area contributed by atoms with Crippen LogP contribution >= 0.6 is 0 Å². The molecule has 0 heterocycles. The van der Waals surface area contributed by atoms with Crippen LogP contribution in [0.5, 0.6) is 0 Å². The third-order valence-corrected chi connectivity index (χ3v) is 5.27. The molecule has 0 radical (unpaired) electrons. The highest BCUT2D eigenvalue weighted by atomic mass is 15.2. The average molecular weight is 240 g/mol. The summed E-state index contributed by atoms with van der Waals surface area (Å²) in [5.74, 6) is 0.885. The molecule has 1 saturated carbocycles. The topological polar surface area (TPSA) is 15.3 Å². The zero-order chi connectivity index (χ0) is 13.1. The van der Waals surface area contributed by atoms with Gasteiger partial charge in [0, 0.05) is 12.1 Å². The van der Waals surface area contributed by atoms with E-state index in [0.717, 1.165) is 18.5 Å². The largest absolute Gasteiger partial charge is 0.315 e. The van der Waals surface area contributed by atoms with Gasteiger partial charge in [0.15, 0.2) is 0 Å². The maximum absolute atomic E-state index is 3.52. The third-order valence-electron chi connectivity index (χ3n) is 5.27. The molecule has 0 aromatic heterocycles. The highest BCUT2D eigenvalue weighted by molar-refractivity contribution is 4.93. The molecule has 0 amide bonds. The van der Waals surface area contributed by atoms with E-state index >= 15 is 0 Å². The molecule has 1 fully saturated rings. The van der Waals surface area contributed by atoms with Gasteiger partial charge in [0.1, 0.15) is 0 Å². The monoisotopic (exact) mass is 240 g/mol. The first kappa shape index (κ1) is 15.0. The molecule has 0 saturated heterocycles. The van der Waals surface area contributed by atoms with Crippen LogP contribution in [0, 0.1) is 11.3 Å². The summed E-state index contributed by atoms with van der Waals surface area (Å²) in [6, 6.07) is 1.40. The minimum Gasteiger partial charge on any atom is -0.315 e. The Balaban J connectivity index is 2.72. The highest BCUT2D eigenvalue weighted by Gasteiger charge is 2.37. The highest BCUT2D eigenvalue weighted by Crippen LogP contribution is 2.41. The SMILES string of the molecule is CCN(C)C1CC(C(C)(C)CC)CCC1NC. The van der Waals surface area contributed by atoms with E-state index in [4.69, 9.17) is 0 Å². The Kier molecular flexibility index (Phi) is 5.46. The van der Waals surface area contributed by atoms with Crippen molar-refractivity contribution in [2.24, 2.45) is 11.3 Å². The molecule has 1 rings (SSSR count). The van der Waals surface area contributed by atoms with E-state index in [2.05, 4.69) is 52.0 Å². The predicted molar refractivity (Wildman–Crippen MR) is 76.4 cm³/mol. The fourth-order valence-electron chi connectivity index (χ4n) is 3.20. The molecule has 0 aromatic carbocycles. The van der Waals surface area contributed by atoms with Crippen LogP contribution in [0.3, 0.4) is 0 Å². The lowest BCUT2D eigenvalue weighted by Gasteiger charge is -2.46. The van der Waals surface area contributed by atoms with Crippen LogP contribution in [0.4, 0.5) is 0 Å². The van der Waals surface area contributed by atoms with Gasteiger partial charge in [-0.25, -0.2) is 0 Å². The van der Waals surface area contributed by atoms with E-state index in [-0.39, 0.29) is 0 Å². The zero-order valence-corrected chi connectivity index (χ0v) is 12.7. The lowest BCUT2D eigenvalue weighted by atomic mass is 9.67. The van der Waals surface area contributed by atoms with Crippen LogP contribution in [0.1, 0.15) is 53.4 Å². The Hall–Kier alpha value is -0.0800. The normalized spacial score (nSPS) is 30.9. The van der Waals surface area contributed by atoms with Crippen molar-refractivity contribution in [2.45, 2.75) is 65.5 Å². The smallest absolute Gasteiger partial charge is 0.0248 e.